The van der Waals surface area contributed by atoms with E-state index in [4.69, 9.17) is 4.74 Å². The maximum atomic E-state index is 6.05. The summed E-state index contributed by atoms with van der Waals surface area (Å²) in [5.41, 5.74) is 2.51. The first-order valence-corrected chi connectivity index (χ1v) is 10.3. The van der Waals surface area contributed by atoms with Crippen LogP contribution in [0.5, 0.6) is 0 Å². The zero-order chi connectivity index (χ0) is 17.3. The lowest BCUT2D eigenvalue weighted by atomic mass is 10.1. The number of rotatable bonds is 7. The van der Waals surface area contributed by atoms with E-state index in [2.05, 4.69) is 37.1 Å². The van der Waals surface area contributed by atoms with Crippen molar-refractivity contribution in [3.05, 3.63) is 35.9 Å². The Morgan fingerprint density at radius 1 is 1.12 bits per heavy atom. The van der Waals surface area contributed by atoms with Gasteiger partial charge < -0.3 is 10.1 Å². The molecule has 3 heterocycles. The standard InChI is InChI=1S/C20H29N5O/c1-2-4-17(3-1)25-18(7-9-22-25)12-21-19-8-10-26-20(19)16-11-23-24(14-16)13-15-5-6-15/h7,9,11,14-15,17,19-21H,1-6,8,10,12-13H2/t19-,20+/m0/s1. The van der Waals surface area contributed by atoms with Crippen LogP contribution in [0.1, 0.15) is 68.3 Å². The lowest BCUT2D eigenvalue weighted by Gasteiger charge is -2.20. The van der Waals surface area contributed by atoms with E-state index >= 15 is 0 Å². The molecule has 6 heteroatoms. The van der Waals surface area contributed by atoms with Gasteiger partial charge in [-0.2, -0.15) is 10.2 Å². The van der Waals surface area contributed by atoms with Gasteiger partial charge in [0.05, 0.1) is 17.9 Å². The molecule has 1 saturated heterocycles. The monoisotopic (exact) mass is 355 g/mol. The normalized spacial score (nSPS) is 26.8. The van der Waals surface area contributed by atoms with Crippen LogP contribution in [-0.4, -0.2) is 32.2 Å². The second-order valence-corrected chi connectivity index (χ2v) is 8.21. The summed E-state index contributed by atoms with van der Waals surface area (Å²) >= 11 is 0. The van der Waals surface area contributed by atoms with Gasteiger partial charge in [-0.25, -0.2) is 0 Å². The van der Waals surface area contributed by atoms with E-state index in [-0.39, 0.29) is 6.10 Å². The lowest BCUT2D eigenvalue weighted by molar-refractivity contribution is 0.0982. The van der Waals surface area contributed by atoms with E-state index < -0.39 is 0 Å². The van der Waals surface area contributed by atoms with Crippen molar-refractivity contribution in [2.45, 2.75) is 76.2 Å². The highest BCUT2D eigenvalue weighted by molar-refractivity contribution is 5.13. The Labute approximate surface area is 154 Å². The van der Waals surface area contributed by atoms with Gasteiger partial charge in [-0.1, -0.05) is 12.8 Å². The van der Waals surface area contributed by atoms with Gasteiger partial charge in [0.15, 0.2) is 0 Å². The van der Waals surface area contributed by atoms with Gasteiger partial charge in [-0.05, 0) is 44.1 Å². The first kappa shape index (κ1) is 16.5. The molecule has 0 spiro atoms. The van der Waals surface area contributed by atoms with Gasteiger partial charge in [0.25, 0.3) is 0 Å². The van der Waals surface area contributed by atoms with E-state index in [9.17, 15) is 0 Å². The molecular formula is C20H29N5O. The van der Waals surface area contributed by atoms with Gasteiger partial charge in [-0.15, -0.1) is 0 Å². The number of hydrogen-bond donors (Lipinski definition) is 1. The summed E-state index contributed by atoms with van der Waals surface area (Å²) in [6.07, 6.45) is 15.2. The quantitative estimate of drug-likeness (QED) is 0.828. The molecular weight excluding hydrogens is 326 g/mol. The van der Waals surface area contributed by atoms with E-state index in [1.54, 1.807) is 0 Å². The van der Waals surface area contributed by atoms with Crippen molar-refractivity contribution in [1.29, 1.82) is 0 Å². The summed E-state index contributed by atoms with van der Waals surface area (Å²) in [4.78, 5) is 0. The minimum atomic E-state index is 0.116. The van der Waals surface area contributed by atoms with Gasteiger partial charge in [0.2, 0.25) is 0 Å². The predicted molar refractivity (Wildman–Crippen MR) is 98.6 cm³/mol. The maximum absolute atomic E-state index is 6.05. The number of nitrogens with one attached hydrogen (secondary N) is 1. The molecule has 0 aromatic carbocycles. The fourth-order valence-corrected chi connectivity index (χ4v) is 4.51. The van der Waals surface area contributed by atoms with Crippen LogP contribution in [-0.2, 0) is 17.8 Å². The number of ether oxygens (including phenoxy) is 1. The molecule has 2 aliphatic carbocycles. The third-order valence-corrected chi connectivity index (χ3v) is 6.18. The molecule has 0 radical (unpaired) electrons. The van der Waals surface area contributed by atoms with E-state index in [1.807, 2.05) is 12.4 Å². The Morgan fingerprint density at radius 3 is 2.85 bits per heavy atom. The molecule has 2 saturated carbocycles. The Balaban J connectivity index is 1.22. The van der Waals surface area contributed by atoms with E-state index in [0.717, 1.165) is 32.0 Å². The zero-order valence-electron chi connectivity index (χ0n) is 15.4. The van der Waals surface area contributed by atoms with Crippen molar-refractivity contribution in [3.8, 4) is 0 Å². The van der Waals surface area contributed by atoms with Crippen LogP contribution in [0.2, 0.25) is 0 Å². The molecule has 3 fully saturated rings. The van der Waals surface area contributed by atoms with Gasteiger partial charge >= 0.3 is 0 Å². The predicted octanol–water partition coefficient (Wildman–Crippen LogP) is 3.22. The molecule has 0 amide bonds. The largest absolute Gasteiger partial charge is 0.372 e. The smallest absolute Gasteiger partial charge is 0.101 e. The molecule has 0 unspecified atom stereocenters. The third kappa shape index (κ3) is 3.45. The molecule has 6 nitrogen and oxygen atoms in total. The average molecular weight is 355 g/mol. The Morgan fingerprint density at radius 2 is 2.00 bits per heavy atom. The van der Waals surface area contributed by atoms with Crippen molar-refractivity contribution >= 4 is 0 Å². The van der Waals surface area contributed by atoms with Gasteiger partial charge in [0, 0.05) is 43.7 Å². The van der Waals surface area contributed by atoms with Crippen LogP contribution in [0.3, 0.4) is 0 Å². The molecule has 2 aromatic heterocycles. The van der Waals surface area contributed by atoms with Crippen molar-refractivity contribution < 1.29 is 4.74 Å². The van der Waals surface area contributed by atoms with Crippen LogP contribution in [0, 0.1) is 5.92 Å². The SMILES string of the molecule is c1cc(CN[C@H]2CCO[C@@H]2c2cnn(CC3CC3)c2)n(C2CCCC2)n1. The third-order valence-electron chi connectivity index (χ3n) is 6.18. The van der Waals surface area contributed by atoms with Crippen LogP contribution < -0.4 is 5.32 Å². The van der Waals surface area contributed by atoms with E-state index in [1.165, 1.54) is 49.8 Å². The zero-order valence-corrected chi connectivity index (χ0v) is 15.4. The average Bonchev–Trinajstić information content (AvgIpc) is 3.17. The summed E-state index contributed by atoms with van der Waals surface area (Å²) in [6, 6.07) is 3.10. The molecule has 140 valence electrons. The van der Waals surface area contributed by atoms with Crippen LogP contribution >= 0.6 is 0 Å². The molecule has 3 aliphatic rings. The summed E-state index contributed by atoms with van der Waals surface area (Å²) in [5, 5.41) is 12.9. The molecule has 1 N–H and O–H groups in total. The van der Waals surface area contributed by atoms with Crippen molar-refractivity contribution in [2.24, 2.45) is 5.92 Å². The Bertz CT molecular complexity index is 728. The number of hydrogen-bond acceptors (Lipinski definition) is 4. The minimum absolute atomic E-state index is 0.116. The lowest BCUT2D eigenvalue weighted by Crippen LogP contribution is -2.32. The molecule has 5 rings (SSSR count). The molecule has 2 aromatic rings. The molecule has 2 atom stereocenters. The first-order chi connectivity index (χ1) is 12.9. The van der Waals surface area contributed by atoms with Crippen molar-refractivity contribution in [2.75, 3.05) is 6.61 Å². The first-order valence-electron chi connectivity index (χ1n) is 10.3. The minimum Gasteiger partial charge on any atom is -0.372 e. The fourth-order valence-electron chi connectivity index (χ4n) is 4.51. The summed E-state index contributed by atoms with van der Waals surface area (Å²) in [5.74, 6) is 0.844. The van der Waals surface area contributed by atoms with E-state index in [0.29, 0.717) is 12.1 Å². The Hall–Kier alpha value is -1.66. The van der Waals surface area contributed by atoms with Crippen LogP contribution in [0.25, 0.3) is 0 Å². The topological polar surface area (TPSA) is 56.9 Å². The molecule has 0 bridgehead atoms. The summed E-state index contributed by atoms with van der Waals surface area (Å²) in [7, 11) is 0. The summed E-state index contributed by atoms with van der Waals surface area (Å²) < 4.78 is 10.4. The molecule has 26 heavy (non-hydrogen) atoms. The maximum Gasteiger partial charge on any atom is 0.101 e. The highest BCUT2D eigenvalue weighted by Gasteiger charge is 2.31. The number of aromatic nitrogens is 4. The second-order valence-electron chi connectivity index (χ2n) is 8.21. The highest BCUT2D eigenvalue weighted by Crippen LogP contribution is 2.33. The van der Waals surface area contributed by atoms with Crippen molar-refractivity contribution in [1.82, 2.24) is 24.9 Å². The molecule has 1 aliphatic heterocycles. The number of nitrogens with zero attached hydrogens (tertiary/aromatic N) is 4. The second kappa shape index (κ2) is 7.16. The van der Waals surface area contributed by atoms with Crippen LogP contribution in [0.15, 0.2) is 24.7 Å². The van der Waals surface area contributed by atoms with Crippen molar-refractivity contribution in [3.63, 3.8) is 0 Å². The highest BCUT2D eigenvalue weighted by atomic mass is 16.5. The Kier molecular flexibility index (Phi) is 4.55. The fraction of sp³-hybridized carbons (Fsp3) is 0.700. The van der Waals surface area contributed by atoms with Crippen LogP contribution in [0.4, 0.5) is 0 Å². The summed E-state index contributed by atoms with van der Waals surface area (Å²) in [6.45, 7) is 2.74. The van der Waals surface area contributed by atoms with Gasteiger partial charge in [-0.3, -0.25) is 9.36 Å². The van der Waals surface area contributed by atoms with Gasteiger partial charge in [0.1, 0.15) is 6.10 Å².